The normalized spacial score (nSPS) is 12.0. The fraction of sp³-hybridized carbons (Fsp3) is 0.500. The van der Waals surface area contributed by atoms with Crippen molar-refractivity contribution in [3.05, 3.63) is 35.4 Å². The molecule has 0 bridgehead atoms. The topological polar surface area (TPSA) is 69.6 Å². The maximum Gasteiger partial charge on any atom is 0.335 e. The largest absolute Gasteiger partial charge is 0.478 e. The van der Waals surface area contributed by atoms with Crippen LogP contribution in [0.25, 0.3) is 0 Å². The number of aromatic carboxylic acids is 1. The van der Waals surface area contributed by atoms with E-state index >= 15 is 0 Å². The molecule has 0 fully saturated rings. The van der Waals surface area contributed by atoms with E-state index in [1.165, 1.54) is 6.07 Å². The summed E-state index contributed by atoms with van der Waals surface area (Å²) in [7, 11) is 1.77. The van der Waals surface area contributed by atoms with Crippen LogP contribution in [-0.4, -0.2) is 35.1 Å². The van der Waals surface area contributed by atoms with Gasteiger partial charge in [-0.1, -0.05) is 26.0 Å². The molecule has 1 aromatic rings. The second kappa shape index (κ2) is 7.67. The van der Waals surface area contributed by atoms with Crippen LogP contribution in [0.3, 0.4) is 0 Å². The first-order valence-corrected chi connectivity index (χ1v) is 7.14. The van der Waals surface area contributed by atoms with E-state index in [4.69, 9.17) is 5.11 Å². The van der Waals surface area contributed by atoms with E-state index in [0.717, 1.165) is 12.0 Å². The Labute approximate surface area is 126 Å². The lowest BCUT2D eigenvalue weighted by Gasteiger charge is -2.26. The molecule has 5 heteroatoms. The SMILES string of the molecule is CC(C)CC(C)N(C)C(=O)NCc1cccc(C(=O)O)c1. The highest BCUT2D eigenvalue weighted by Gasteiger charge is 2.16. The molecular formula is C16H24N2O3. The van der Waals surface area contributed by atoms with Gasteiger partial charge in [0.15, 0.2) is 0 Å². The molecule has 2 N–H and O–H groups in total. The van der Waals surface area contributed by atoms with Gasteiger partial charge in [-0.3, -0.25) is 0 Å². The summed E-state index contributed by atoms with van der Waals surface area (Å²) in [4.78, 5) is 24.6. The Hall–Kier alpha value is -2.04. The molecule has 0 spiro atoms. The summed E-state index contributed by atoms with van der Waals surface area (Å²) in [6.45, 7) is 6.59. The van der Waals surface area contributed by atoms with Gasteiger partial charge in [-0.05, 0) is 37.0 Å². The molecule has 1 rings (SSSR count). The Kier molecular flexibility index (Phi) is 6.21. The highest BCUT2D eigenvalue weighted by atomic mass is 16.4. The second-order valence-corrected chi connectivity index (χ2v) is 5.75. The summed E-state index contributed by atoms with van der Waals surface area (Å²) in [5.41, 5.74) is 0.997. The summed E-state index contributed by atoms with van der Waals surface area (Å²) >= 11 is 0. The van der Waals surface area contributed by atoms with Gasteiger partial charge in [-0.15, -0.1) is 0 Å². The van der Waals surface area contributed by atoms with Gasteiger partial charge in [-0.25, -0.2) is 9.59 Å². The molecule has 0 aromatic heterocycles. The van der Waals surface area contributed by atoms with Crippen LogP contribution >= 0.6 is 0 Å². The fourth-order valence-electron chi connectivity index (χ4n) is 2.16. The molecule has 21 heavy (non-hydrogen) atoms. The minimum Gasteiger partial charge on any atom is -0.478 e. The van der Waals surface area contributed by atoms with Crippen molar-refractivity contribution < 1.29 is 14.7 Å². The first-order chi connectivity index (χ1) is 9.81. The maximum absolute atomic E-state index is 12.1. The van der Waals surface area contributed by atoms with E-state index in [0.29, 0.717) is 12.5 Å². The Morgan fingerprint density at radius 2 is 1.95 bits per heavy atom. The van der Waals surface area contributed by atoms with Crippen LogP contribution in [0.15, 0.2) is 24.3 Å². The molecule has 1 unspecified atom stereocenters. The average Bonchev–Trinajstić information content (AvgIpc) is 2.43. The van der Waals surface area contributed by atoms with Gasteiger partial charge in [0.05, 0.1) is 5.56 Å². The minimum absolute atomic E-state index is 0.149. The molecule has 5 nitrogen and oxygen atoms in total. The monoisotopic (exact) mass is 292 g/mol. The summed E-state index contributed by atoms with van der Waals surface area (Å²) in [5, 5.41) is 11.7. The van der Waals surface area contributed by atoms with Crippen molar-refractivity contribution in [2.24, 2.45) is 5.92 Å². The molecule has 0 saturated carbocycles. The molecule has 0 aliphatic rings. The number of urea groups is 1. The van der Waals surface area contributed by atoms with Gasteiger partial charge in [-0.2, -0.15) is 0 Å². The van der Waals surface area contributed by atoms with E-state index in [-0.39, 0.29) is 17.6 Å². The smallest absolute Gasteiger partial charge is 0.335 e. The third kappa shape index (κ3) is 5.45. The number of carbonyl (C=O) groups excluding carboxylic acids is 1. The van der Waals surface area contributed by atoms with Gasteiger partial charge in [0.2, 0.25) is 0 Å². The minimum atomic E-state index is -0.967. The van der Waals surface area contributed by atoms with Crippen LogP contribution in [0.4, 0.5) is 4.79 Å². The lowest BCUT2D eigenvalue weighted by atomic mass is 10.0. The summed E-state index contributed by atoms with van der Waals surface area (Å²) in [6.07, 6.45) is 0.943. The summed E-state index contributed by atoms with van der Waals surface area (Å²) < 4.78 is 0. The lowest BCUT2D eigenvalue weighted by molar-refractivity contribution is 0.0696. The second-order valence-electron chi connectivity index (χ2n) is 5.75. The zero-order valence-corrected chi connectivity index (χ0v) is 13.1. The van der Waals surface area contributed by atoms with Gasteiger partial charge >= 0.3 is 12.0 Å². The Balaban J connectivity index is 2.56. The molecule has 0 aliphatic heterocycles. The molecule has 1 atom stereocenters. The molecule has 0 heterocycles. The van der Waals surface area contributed by atoms with E-state index in [1.54, 1.807) is 30.1 Å². The standard InChI is InChI=1S/C16H24N2O3/c1-11(2)8-12(3)18(4)16(21)17-10-13-6-5-7-14(9-13)15(19)20/h5-7,9,11-12H,8,10H2,1-4H3,(H,17,21)(H,19,20). The number of hydrogen-bond acceptors (Lipinski definition) is 2. The summed E-state index contributed by atoms with van der Waals surface area (Å²) in [6, 6.07) is 6.59. The van der Waals surface area contributed by atoms with Crippen molar-refractivity contribution in [2.75, 3.05) is 7.05 Å². The number of nitrogens with one attached hydrogen (secondary N) is 1. The number of amides is 2. The number of nitrogens with zero attached hydrogens (tertiary/aromatic N) is 1. The predicted octanol–water partition coefficient (Wildman–Crippen LogP) is 2.96. The zero-order valence-electron chi connectivity index (χ0n) is 13.1. The van der Waals surface area contributed by atoms with Gasteiger partial charge < -0.3 is 15.3 Å². The molecule has 1 aromatic carbocycles. The fourth-order valence-corrected chi connectivity index (χ4v) is 2.16. The van der Waals surface area contributed by atoms with Gasteiger partial charge in [0.1, 0.15) is 0 Å². The zero-order chi connectivity index (χ0) is 16.0. The van der Waals surface area contributed by atoms with Crippen molar-refractivity contribution >= 4 is 12.0 Å². The Morgan fingerprint density at radius 3 is 2.52 bits per heavy atom. The van der Waals surface area contributed by atoms with Crippen molar-refractivity contribution in [2.45, 2.75) is 39.8 Å². The van der Waals surface area contributed by atoms with E-state index in [9.17, 15) is 9.59 Å². The first kappa shape index (κ1) is 17.0. The van der Waals surface area contributed by atoms with E-state index in [1.807, 2.05) is 6.92 Å². The van der Waals surface area contributed by atoms with Crippen molar-refractivity contribution in [3.8, 4) is 0 Å². The Morgan fingerprint density at radius 1 is 1.29 bits per heavy atom. The highest BCUT2D eigenvalue weighted by molar-refractivity contribution is 5.87. The number of carbonyl (C=O) groups is 2. The lowest BCUT2D eigenvalue weighted by Crippen LogP contribution is -2.42. The van der Waals surface area contributed by atoms with E-state index < -0.39 is 5.97 Å². The van der Waals surface area contributed by atoms with Gasteiger partial charge in [0.25, 0.3) is 0 Å². The van der Waals surface area contributed by atoms with Gasteiger partial charge in [0, 0.05) is 19.6 Å². The van der Waals surface area contributed by atoms with Crippen LogP contribution in [-0.2, 0) is 6.54 Å². The molecule has 116 valence electrons. The molecule has 2 amide bonds. The third-order valence-corrected chi connectivity index (χ3v) is 3.41. The Bertz CT molecular complexity index is 500. The molecule has 0 aliphatic carbocycles. The average molecular weight is 292 g/mol. The molecule has 0 radical (unpaired) electrons. The van der Waals surface area contributed by atoms with E-state index in [2.05, 4.69) is 19.2 Å². The number of benzene rings is 1. The van der Waals surface area contributed by atoms with Crippen LogP contribution in [0.1, 0.15) is 43.1 Å². The number of rotatable bonds is 6. The predicted molar refractivity (Wildman–Crippen MR) is 82.3 cm³/mol. The number of hydrogen-bond donors (Lipinski definition) is 2. The van der Waals surface area contributed by atoms with Crippen molar-refractivity contribution in [1.82, 2.24) is 10.2 Å². The van der Waals surface area contributed by atoms with Crippen LogP contribution < -0.4 is 5.32 Å². The maximum atomic E-state index is 12.1. The number of carboxylic acid groups (broad SMARTS) is 1. The highest BCUT2D eigenvalue weighted by Crippen LogP contribution is 2.10. The first-order valence-electron chi connectivity index (χ1n) is 7.14. The quantitative estimate of drug-likeness (QED) is 0.847. The summed E-state index contributed by atoms with van der Waals surface area (Å²) in [5.74, 6) is -0.437. The van der Waals surface area contributed by atoms with Crippen molar-refractivity contribution in [3.63, 3.8) is 0 Å². The molecular weight excluding hydrogens is 268 g/mol. The van der Waals surface area contributed by atoms with Crippen molar-refractivity contribution in [1.29, 1.82) is 0 Å². The van der Waals surface area contributed by atoms with Crippen LogP contribution in [0.2, 0.25) is 0 Å². The molecule has 0 saturated heterocycles. The number of carboxylic acids is 1. The van der Waals surface area contributed by atoms with Crippen LogP contribution in [0, 0.1) is 5.92 Å². The van der Waals surface area contributed by atoms with Crippen LogP contribution in [0.5, 0.6) is 0 Å². The third-order valence-electron chi connectivity index (χ3n) is 3.41.